The number of nitrogens with zero attached hydrogens (tertiary/aromatic N) is 2. The van der Waals surface area contributed by atoms with Gasteiger partial charge in [-0.1, -0.05) is 12.8 Å². The van der Waals surface area contributed by atoms with Gasteiger partial charge in [0.1, 0.15) is 0 Å². The summed E-state index contributed by atoms with van der Waals surface area (Å²) in [6.07, 6.45) is 4.95. The van der Waals surface area contributed by atoms with Crippen LogP contribution in [0.4, 0.5) is 0 Å². The number of carbonyl (C=O) groups excluding carboxylic acids is 1. The third-order valence-corrected chi connectivity index (χ3v) is 5.15. The minimum absolute atomic E-state index is 0.0160. The van der Waals surface area contributed by atoms with Gasteiger partial charge < -0.3 is 15.5 Å². The lowest BCUT2D eigenvalue weighted by molar-refractivity contribution is -0.126. The van der Waals surface area contributed by atoms with Gasteiger partial charge in [0, 0.05) is 38.3 Å². The van der Waals surface area contributed by atoms with Crippen molar-refractivity contribution in [1.29, 1.82) is 0 Å². The van der Waals surface area contributed by atoms with E-state index >= 15 is 0 Å². The Balaban J connectivity index is 1.84. The van der Waals surface area contributed by atoms with Gasteiger partial charge in [-0.2, -0.15) is 0 Å². The van der Waals surface area contributed by atoms with Gasteiger partial charge in [0.2, 0.25) is 5.91 Å². The molecular formula is C15H30N4O. The number of likely N-dealkylation sites (N-methyl/N-ethyl adjacent to an activating group) is 1. The summed E-state index contributed by atoms with van der Waals surface area (Å²) in [6.45, 7) is 6.71. The fraction of sp³-hybridized carbons (Fsp3) is 0.933. The van der Waals surface area contributed by atoms with Gasteiger partial charge in [0.15, 0.2) is 0 Å². The molecule has 116 valence electrons. The second-order valence-electron chi connectivity index (χ2n) is 6.51. The monoisotopic (exact) mass is 282 g/mol. The number of amides is 1. The first kappa shape index (κ1) is 15.7. The standard InChI is InChI=1S/C15H30N4O/c1-13(19-10-8-16-9-11-19)14(20)17-12-15(18(2)3)6-4-5-7-15/h13,16H,4-12H2,1-3H3,(H,17,20). The van der Waals surface area contributed by atoms with E-state index in [1.54, 1.807) is 0 Å². The van der Waals surface area contributed by atoms with Crippen molar-refractivity contribution in [3.63, 3.8) is 0 Å². The zero-order valence-electron chi connectivity index (χ0n) is 13.2. The van der Waals surface area contributed by atoms with Gasteiger partial charge in [-0.25, -0.2) is 0 Å². The second kappa shape index (κ2) is 6.87. The molecule has 2 aliphatic rings. The highest BCUT2D eigenvalue weighted by Gasteiger charge is 2.36. The van der Waals surface area contributed by atoms with Crippen LogP contribution in [0.15, 0.2) is 0 Å². The maximum Gasteiger partial charge on any atom is 0.237 e. The minimum Gasteiger partial charge on any atom is -0.353 e. The number of nitrogens with one attached hydrogen (secondary N) is 2. The zero-order valence-corrected chi connectivity index (χ0v) is 13.2. The number of piperazine rings is 1. The van der Waals surface area contributed by atoms with Crippen molar-refractivity contribution < 1.29 is 4.79 Å². The lowest BCUT2D eigenvalue weighted by atomic mass is 9.96. The van der Waals surface area contributed by atoms with E-state index < -0.39 is 0 Å². The smallest absolute Gasteiger partial charge is 0.237 e. The van der Waals surface area contributed by atoms with Crippen LogP contribution in [0.1, 0.15) is 32.6 Å². The average molecular weight is 282 g/mol. The number of hydrogen-bond acceptors (Lipinski definition) is 4. The molecule has 1 atom stereocenters. The Morgan fingerprint density at radius 1 is 1.30 bits per heavy atom. The predicted octanol–water partition coefficient (Wildman–Crippen LogP) is 0.271. The highest BCUT2D eigenvalue weighted by atomic mass is 16.2. The summed E-state index contributed by atoms with van der Waals surface area (Å²) in [5, 5.41) is 6.53. The molecule has 1 aliphatic carbocycles. The van der Waals surface area contributed by atoms with Gasteiger partial charge in [0.05, 0.1) is 6.04 Å². The summed E-state index contributed by atoms with van der Waals surface area (Å²) in [6, 6.07) is -0.0160. The quantitative estimate of drug-likeness (QED) is 0.760. The number of hydrogen-bond donors (Lipinski definition) is 2. The molecule has 1 saturated carbocycles. The summed E-state index contributed by atoms with van der Waals surface area (Å²) in [7, 11) is 4.27. The summed E-state index contributed by atoms with van der Waals surface area (Å²) >= 11 is 0. The second-order valence-corrected chi connectivity index (χ2v) is 6.51. The summed E-state index contributed by atoms with van der Waals surface area (Å²) in [4.78, 5) is 16.9. The Kier molecular flexibility index (Phi) is 5.41. The molecule has 0 aromatic heterocycles. The van der Waals surface area contributed by atoms with Crippen molar-refractivity contribution in [3.8, 4) is 0 Å². The van der Waals surface area contributed by atoms with Gasteiger partial charge in [-0.3, -0.25) is 9.69 Å². The summed E-state index contributed by atoms with van der Waals surface area (Å²) < 4.78 is 0. The van der Waals surface area contributed by atoms with Crippen LogP contribution in [0.5, 0.6) is 0 Å². The van der Waals surface area contributed by atoms with Crippen LogP contribution in [0.2, 0.25) is 0 Å². The molecule has 2 rings (SSSR count). The Labute approximate surface area is 123 Å². The molecule has 0 radical (unpaired) electrons. The van der Waals surface area contributed by atoms with Crippen molar-refractivity contribution in [1.82, 2.24) is 20.4 Å². The summed E-state index contributed by atoms with van der Waals surface area (Å²) in [5.74, 6) is 0.181. The molecule has 5 heteroatoms. The van der Waals surface area contributed by atoms with Crippen molar-refractivity contribution >= 4 is 5.91 Å². The fourth-order valence-electron chi connectivity index (χ4n) is 3.45. The molecule has 2 N–H and O–H groups in total. The Hall–Kier alpha value is -0.650. The minimum atomic E-state index is -0.0160. The van der Waals surface area contributed by atoms with Crippen molar-refractivity contribution in [2.45, 2.75) is 44.2 Å². The van der Waals surface area contributed by atoms with Crippen LogP contribution in [0, 0.1) is 0 Å². The van der Waals surface area contributed by atoms with Gasteiger partial charge in [-0.05, 0) is 33.9 Å². The van der Waals surface area contributed by atoms with Crippen molar-refractivity contribution in [2.24, 2.45) is 0 Å². The zero-order chi connectivity index (χ0) is 14.6. The van der Waals surface area contributed by atoms with Crippen LogP contribution < -0.4 is 10.6 Å². The Morgan fingerprint density at radius 2 is 1.90 bits per heavy atom. The molecular weight excluding hydrogens is 252 g/mol. The van der Waals surface area contributed by atoms with E-state index in [-0.39, 0.29) is 17.5 Å². The molecule has 0 aromatic carbocycles. The number of rotatable bonds is 5. The number of carbonyl (C=O) groups is 1. The molecule has 1 unspecified atom stereocenters. The molecule has 1 amide bonds. The van der Waals surface area contributed by atoms with E-state index in [9.17, 15) is 4.79 Å². The molecule has 2 fully saturated rings. The van der Waals surface area contributed by atoms with Crippen molar-refractivity contribution in [2.75, 3.05) is 46.8 Å². The maximum atomic E-state index is 12.4. The molecule has 0 bridgehead atoms. The first-order valence-corrected chi connectivity index (χ1v) is 7.95. The topological polar surface area (TPSA) is 47.6 Å². The lowest BCUT2D eigenvalue weighted by Crippen LogP contribution is -2.56. The third-order valence-electron chi connectivity index (χ3n) is 5.15. The Morgan fingerprint density at radius 3 is 2.45 bits per heavy atom. The fourth-order valence-corrected chi connectivity index (χ4v) is 3.45. The van der Waals surface area contributed by atoms with Crippen molar-refractivity contribution in [3.05, 3.63) is 0 Å². The Bertz CT molecular complexity index is 320. The average Bonchev–Trinajstić information content (AvgIpc) is 2.95. The SMILES string of the molecule is CC(C(=O)NCC1(N(C)C)CCCC1)N1CCNCC1. The van der Waals surface area contributed by atoms with E-state index in [4.69, 9.17) is 0 Å². The molecule has 1 saturated heterocycles. The molecule has 1 aliphatic heterocycles. The first-order valence-electron chi connectivity index (χ1n) is 7.95. The first-order chi connectivity index (χ1) is 9.55. The van der Waals surface area contributed by atoms with E-state index in [1.807, 2.05) is 6.92 Å². The van der Waals surface area contributed by atoms with Gasteiger partial charge in [-0.15, -0.1) is 0 Å². The third kappa shape index (κ3) is 3.51. The van der Waals surface area contributed by atoms with Gasteiger partial charge >= 0.3 is 0 Å². The molecule has 5 nitrogen and oxygen atoms in total. The maximum absolute atomic E-state index is 12.4. The van der Waals surface area contributed by atoms with E-state index in [1.165, 1.54) is 25.7 Å². The van der Waals surface area contributed by atoms with E-state index in [2.05, 4.69) is 34.5 Å². The van der Waals surface area contributed by atoms with Crippen LogP contribution in [0.3, 0.4) is 0 Å². The molecule has 0 spiro atoms. The lowest BCUT2D eigenvalue weighted by Gasteiger charge is -2.38. The van der Waals surface area contributed by atoms with Crippen LogP contribution in [-0.2, 0) is 4.79 Å². The van der Waals surface area contributed by atoms with Crippen LogP contribution >= 0.6 is 0 Å². The van der Waals surface area contributed by atoms with Gasteiger partial charge in [0.25, 0.3) is 0 Å². The predicted molar refractivity (Wildman–Crippen MR) is 81.8 cm³/mol. The van der Waals surface area contributed by atoms with Crippen LogP contribution in [0.25, 0.3) is 0 Å². The molecule has 20 heavy (non-hydrogen) atoms. The molecule has 0 aromatic rings. The largest absolute Gasteiger partial charge is 0.353 e. The highest BCUT2D eigenvalue weighted by molar-refractivity contribution is 5.81. The normalized spacial score (nSPS) is 24.8. The van der Waals surface area contributed by atoms with E-state index in [0.29, 0.717) is 0 Å². The van der Waals surface area contributed by atoms with Crippen LogP contribution in [-0.4, -0.2) is 74.1 Å². The molecule has 1 heterocycles. The summed E-state index contributed by atoms with van der Waals surface area (Å²) in [5.41, 5.74) is 0.179. The highest BCUT2D eigenvalue weighted by Crippen LogP contribution is 2.33. The van der Waals surface area contributed by atoms with E-state index in [0.717, 1.165) is 32.7 Å².